The number of benzene rings is 2. The Morgan fingerprint density at radius 3 is 2.32 bits per heavy atom. The molecule has 3 heterocycles. The average Bonchev–Trinajstić information content (AvgIpc) is 3.37. The van der Waals surface area contributed by atoms with Gasteiger partial charge in [-0.2, -0.15) is 15.0 Å². The Labute approximate surface area is 216 Å². The van der Waals surface area contributed by atoms with Crippen LogP contribution in [-0.4, -0.2) is 72.6 Å². The number of aliphatic imine (C=N–C) groups is 1. The van der Waals surface area contributed by atoms with Crippen molar-refractivity contribution in [2.45, 2.75) is 13.0 Å². The number of methoxy groups -OCH3 is 1. The highest BCUT2D eigenvalue weighted by Crippen LogP contribution is 2.24. The van der Waals surface area contributed by atoms with Crippen LogP contribution in [0.15, 0.2) is 59.6 Å². The Hall–Kier alpha value is -4.05. The van der Waals surface area contributed by atoms with Gasteiger partial charge in [0.15, 0.2) is 0 Å². The average molecular weight is 503 g/mol. The fourth-order valence-electron chi connectivity index (χ4n) is 4.26. The van der Waals surface area contributed by atoms with Gasteiger partial charge in [0.2, 0.25) is 17.8 Å². The lowest BCUT2D eigenvalue weighted by atomic mass is 10.1. The maximum absolute atomic E-state index is 13.4. The second-order valence-electron chi connectivity index (χ2n) is 9.22. The number of amidine groups is 1. The van der Waals surface area contributed by atoms with Crippen LogP contribution in [0.25, 0.3) is 5.57 Å². The van der Waals surface area contributed by atoms with Gasteiger partial charge >= 0.3 is 0 Å². The molecular formula is C27H31FN8O. The Morgan fingerprint density at radius 2 is 1.62 bits per heavy atom. The zero-order valence-corrected chi connectivity index (χ0v) is 21.3. The van der Waals surface area contributed by atoms with Gasteiger partial charge in [-0.1, -0.05) is 24.3 Å². The summed E-state index contributed by atoms with van der Waals surface area (Å²) in [5, 5.41) is 6.62. The van der Waals surface area contributed by atoms with Crippen LogP contribution in [0.5, 0.6) is 5.75 Å². The van der Waals surface area contributed by atoms with E-state index in [1.807, 2.05) is 37.3 Å². The number of likely N-dealkylation sites (N-methyl/N-ethyl adjacent to an activating group) is 1. The SMILES string of the molecule is COc1ccc(C2=CC(Nc3nc(NC(C)c4ccc(F)cc4)nc(N4CCN(C)CC4)n3)=NC2)cc1. The normalized spacial score (nSPS) is 16.7. The molecule has 0 bridgehead atoms. The molecule has 37 heavy (non-hydrogen) atoms. The predicted octanol–water partition coefficient (Wildman–Crippen LogP) is 3.85. The molecule has 1 atom stereocenters. The monoisotopic (exact) mass is 502 g/mol. The van der Waals surface area contributed by atoms with Crippen LogP contribution >= 0.6 is 0 Å². The lowest BCUT2D eigenvalue weighted by Crippen LogP contribution is -2.45. The fraction of sp³-hybridized carbons (Fsp3) is 0.333. The molecule has 1 fully saturated rings. The zero-order valence-electron chi connectivity index (χ0n) is 21.3. The number of hydrogen-bond acceptors (Lipinski definition) is 9. The van der Waals surface area contributed by atoms with E-state index >= 15 is 0 Å². The summed E-state index contributed by atoms with van der Waals surface area (Å²) < 4.78 is 18.6. The molecule has 0 radical (unpaired) electrons. The van der Waals surface area contributed by atoms with E-state index in [-0.39, 0.29) is 11.9 Å². The van der Waals surface area contributed by atoms with Crippen molar-refractivity contribution in [1.82, 2.24) is 19.9 Å². The first-order chi connectivity index (χ1) is 18.0. The lowest BCUT2D eigenvalue weighted by Gasteiger charge is -2.32. The summed E-state index contributed by atoms with van der Waals surface area (Å²) in [6, 6.07) is 14.2. The van der Waals surface area contributed by atoms with Crippen molar-refractivity contribution in [1.29, 1.82) is 0 Å². The van der Waals surface area contributed by atoms with Crippen LogP contribution < -0.4 is 20.3 Å². The van der Waals surface area contributed by atoms with E-state index in [9.17, 15) is 4.39 Å². The minimum atomic E-state index is -0.264. The number of aromatic nitrogens is 3. The van der Waals surface area contributed by atoms with Gasteiger partial charge in [-0.25, -0.2) is 4.39 Å². The van der Waals surface area contributed by atoms with Gasteiger partial charge in [-0.05, 0) is 61.0 Å². The highest BCUT2D eigenvalue weighted by Gasteiger charge is 2.20. The molecule has 1 saturated heterocycles. The minimum Gasteiger partial charge on any atom is -0.497 e. The van der Waals surface area contributed by atoms with Gasteiger partial charge in [0.1, 0.15) is 17.4 Å². The van der Waals surface area contributed by atoms with Gasteiger partial charge in [0.25, 0.3) is 0 Å². The number of anilines is 3. The van der Waals surface area contributed by atoms with Crippen molar-refractivity contribution < 1.29 is 9.13 Å². The molecule has 2 aliphatic heterocycles. The molecule has 2 aromatic carbocycles. The van der Waals surface area contributed by atoms with E-state index in [0.29, 0.717) is 30.2 Å². The van der Waals surface area contributed by atoms with Crippen molar-refractivity contribution >= 4 is 29.3 Å². The highest BCUT2D eigenvalue weighted by molar-refractivity contribution is 6.10. The first kappa shape index (κ1) is 24.6. The second kappa shape index (κ2) is 10.9. The van der Waals surface area contributed by atoms with Crippen molar-refractivity contribution in [3.05, 3.63) is 71.6 Å². The number of rotatable bonds is 7. The molecule has 1 unspecified atom stereocenters. The van der Waals surface area contributed by atoms with Gasteiger partial charge < -0.3 is 25.2 Å². The van der Waals surface area contributed by atoms with Gasteiger partial charge in [0, 0.05) is 26.2 Å². The summed E-state index contributed by atoms with van der Waals surface area (Å²) in [5.41, 5.74) is 3.12. The molecular weight excluding hydrogens is 471 g/mol. The third-order valence-electron chi connectivity index (χ3n) is 6.56. The number of piperazine rings is 1. The van der Waals surface area contributed by atoms with E-state index < -0.39 is 0 Å². The van der Waals surface area contributed by atoms with E-state index in [4.69, 9.17) is 14.7 Å². The first-order valence-electron chi connectivity index (χ1n) is 12.3. The van der Waals surface area contributed by atoms with E-state index in [0.717, 1.165) is 48.6 Å². The fourth-order valence-corrected chi connectivity index (χ4v) is 4.26. The lowest BCUT2D eigenvalue weighted by molar-refractivity contribution is 0.311. The summed E-state index contributed by atoms with van der Waals surface area (Å²) in [7, 11) is 3.77. The maximum Gasteiger partial charge on any atom is 0.234 e. The summed E-state index contributed by atoms with van der Waals surface area (Å²) in [6.07, 6.45) is 2.01. The molecule has 5 rings (SSSR count). The molecule has 0 aliphatic carbocycles. The molecule has 0 spiro atoms. The van der Waals surface area contributed by atoms with Crippen LogP contribution in [-0.2, 0) is 0 Å². The smallest absolute Gasteiger partial charge is 0.234 e. The van der Waals surface area contributed by atoms with Crippen molar-refractivity contribution in [3.8, 4) is 5.75 Å². The van der Waals surface area contributed by atoms with Crippen molar-refractivity contribution in [3.63, 3.8) is 0 Å². The van der Waals surface area contributed by atoms with Gasteiger partial charge in [-0.15, -0.1) is 0 Å². The topological polar surface area (TPSA) is 90.8 Å². The molecule has 0 amide bonds. The van der Waals surface area contributed by atoms with E-state index in [1.165, 1.54) is 12.1 Å². The molecule has 2 aliphatic rings. The molecule has 1 aromatic heterocycles. The first-order valence-corrected chi connectivity index (χ1v) is 12.3. The Kier molecular flexibility index (Phi) is 7.27. The number of halogens is 1. The van der Waals surface area contributed by atoms with Gasteiger partial charge in [0.05, 0.1) is 19.7 Å². The largest absolute Gasteiger partial charge is 0.497 e. The second-order valence-corrected chi connectivity index (χ2v) is 9.22. The van der Waals surface area contributed by atoms with Crippen LogP contribution in [0.1, 0.15) is 24.1 Å². The van der Waals surface area contributed by atoms with Crippen LogP contribution in [0.4, 0.5) is 22.2 Å². The van der Waals surface area contributed by atoms with Crippen LogP contribution in [0, 0.1) is 5.82 Å². The Bertz CT molecular complexity index is 1280. The third kappa shape index (κ3) is 6.03. The molecule has 2 N–H and O–H groups in total. The quantitative estimate of drug-likeness (QED) is 0.504. The summed E-state index contributed by atoms with van der Waals surface area (Å²) in [6.45, 7) is 6.08. The number of nitrogens with one attached hydrogen (secondary N) is 2. The Morgan fingerprint density at radius 1 is 0.919 bits per heavy atom. The summed E-state index contributed by atoms with van der Waals surface area (Å²) in [5.74, 6) is 2.72. The maximum atomic E-state index is 13.4. The molecule has 192 valence electrons. The van der Waals surface area contributed by atoms with Crippen LogP contribution in [0.2, 0.25) is 0 Å². The number of ether oxygens (including phenoxy) is 1. The molecule has 0 saturated carbocycles. The van der Waals surface area contributed by atoms with Crippen molar-refractivity contribution in [2.24, 2.45) is 4.99 Å². The van der Waals surface area contributed by atoms with E-state index in [2.05, 4.69) is 37.5 Å². The van der Waals surface area contributed by atoms with Gasteiger partial charge in [-0.3, -0.25) is 4.99 Å². The minimum absolute atomic E-state index is 0.124. The van der Waals surface area contributed by atoms with Crippen molar-refractivity contribution in [2.75, 3.05) is 62.4 Å². The summed E-state index contributed by atoms with van der Waals surface area (Å²) in [4.78, 5) is 23.1. The predicted molar refractivity (Wildman–Crippen MR) is 145 cm³/mol. The van der Waals surface area contributed by atoms with E-state index in [1.54, 1.807) is 19.2 Å². The molecule has 3 aromatic rings. The number of hydrogen-bond donors (Lipinski definition) is 2. The third-order valence-corrected chi connectivity index (χ3v) is 6.56. The zero-order chi connectivity index (χ0) is 25.8. The highest BCUT2D eigenvalue weighted by atomic mass is 19.1. The molecule has 9 nitrogen and oxygen atoms in total. The number of nitrogens with zero attached hydrogens (tertiary/aromatic N) is 6. The summed E-state index contributed by atoms with van der Waals surface area (Å²) >= 11 is 0. The Balaban J connectivity index is 1.37. The standard InChI is InChI=1S/C27H31FN8O/c1-18(19-4-8-22(28)9-5-19)30-25-32-26(34-27(33-25)36-14-12-35(2)13-15-36)31-24-16-21(17-29-24)20-6-10-23(37-3)11-7-20/h4-11,16,18H,12-15,17H2,1-3H3,(H2,29,30,31,32,33,34). The van der Waals surface area contributed by atoms with Crippen LogP contribution in [0.3, 0.4) is 0 Å². The molecule has 10 heteroatoms.